The zero-order valence-electron chi connectivity index (χ0n) is 8.88. The number of rotatable bonds is 0. The summed E-state index contributed by atoms with van der Waals surface area (Å²) < 4.78 is 0. The smallest absolute Gasteiger partial charge is 0.0705 e. The lowest BCUT2D eigenvalue weighted by Gasteiger charge is -2.16. The van der Waals surface area contributed by atoms with Gasteiger partial charge >= 0.3 is 0 Å². The topological polar surface area (TPSA) is 24.9 Å². The molecule has 1 aliphatic heterocycles. The fourth-order valence-corrected chi connectivity index (χ4v) is 2.18. The van der Waals surface area contributed by atoms with Crippen LogP contribution in [0.1, 0.15) is 16.8 Å². The van der Waals surface area contributed by atoms with E-state index in [1.54, 1.807) is 0 Å². The van der Waals surface area contributed by atoms with Gasteiger partial charge in [0.15, 0.2) is 0 Å². The summed E-state index contributed by atoms with van der Waals surface area (Å²) in [6.07, 6.45) is 1.05. The second kappa shape index (κ2) is 3.31. The molecule has 1 N–H and O–H groups in total. The zero-order valence-corrected chi connectivity index (χ0v) is 8.88. The van der Waals surface area contributed by atoms with E-state index in [4.69, 9.17) is 4.98 Å². The predicted octanol–water partition coefficient (Wildman–Crippen LogP) is 2.19. The van der Waals surface area contributed by atoms with Crippen molar-refractivity contribution in [2.24, 2.45) is 0 Å². The Kier molecular flexibility index (Phi) is 1.96. The first-order chi connectivity index (χ1) is 7.33. The van der Waals surface area contributed by atoms with E-state index in [2.05, 4.69) is 36.5 Å². The third-order valence-corrected chi connectivity index (χ3v) is 2.99. The summed E-state index contributed by atoms with van der Waals surface area (Å²) in [6.45, 7) is 4.14. The molecule has 2 heteroatoms. The summed E-state index contributed by atoms with van der Waals surface area (Å²) in [6, 6.07) is 8.73. The molecule has 15 heavy (non-hydrogen) atoms. The molecule has 0 spiro atoms. The average Bonchev–Trinajstić information content (AvgIpc) is 2.26. The average molecular weight is 198 g/mol. The Morgan fingerprint density at radius 2 is 2.20 bits per heavy atom. The summed E-state index contributed by atoms with van der Waals surface area (Å²) in [5.74, 6) is 0. The van der Waals surface area contributed by atoms with Gasteiger partial charge in [-0.3, -0.25) is 4.98 Å². The first-order valence-corrected chi connectivity index (χ1v) is 5.43. The number of nitrogens with zero attached hydrogens (tertiary/aromatic N) is 1. The maximum absolute atomic E-state index is 4.72. The van der Waals surface area contributed by atoms with E-state index in [0.717, 1.165) is 25.0 Å². The SMILES string of the molecule is Cc1ccc2nc3c(cc2c1)CNCC3. The quantitative estimate of drug-likeness (QED) is 0.702. The van der Waals surface area contributed by atoms with Crippen molar-refractivity contribution < 1.29 is 0 Å². The van der Waals surface area contributed by atoms with Crippen molar-refractivity contribution in [3.8, 4) is 0 Å². The number of nitrogens with one attached hydrogen (secondary N) is 1. The molecule has 2 nitrogen and oxygen atoms in total. The highest BCUT2D eigenvalue weighted by Gasteiger charge is 2.10. The molecule has 0 saturated heterocycles. The van der Waals surface area contributed by atoms with Crippen LogP contribution in [0.4, 0.5) is 0 Å². The van der Waals surface area contributed by atoms with Crippen LogP contribution in [-0.4, -0.2) is 11.5 Å². The first-order valence-electron chi connectivity index (χ1n) is 5.43. The van der Waals surface area contributed by atoms with Gasteiger partial charge in [-0.1, -0.05) is 11.6 Å². The van der Waals surface area contributed by atoms with Crippen LogP contribution in [0, 0.1) is 6.92 Å². The molecular weight excluding hydrogens is 184 g/mol. The molecule has 0 unspecified atom stereocenters. The van der Waals surface area contributed by atoms with Gasteiger partial charge in [0.05, 0.1) is 5.52 Å². The van der Waals surface area contributed by atoms with E-state index in [1.807, 2.05) is 0 Å². The standard InChI is InChI=1S/C13H14N2/c1-9-2-3-12-10(6-9)7-11-8-14-5-4-13(11)15-12/h2-3,6-7,14H,4-5,8H2,1H3. The van der Waals surface area contributed by atoms with Crippen LogP contribution in [-0.2, 0) is 13.0 Å². The summed E-state index contributed by atoms with van der Waals surface area (Å²) >= 11 is 0. The van der Waals surface area contributed by atoms with E-state index < -0.39 is 0 Å². The summed E-state index contributed by atoms with van der Waals surface area (Å²) in [5.41, 5.74) is 5.05. The number of aryl methyl sites for hydroxylation is 1. The minimum atomic E-state index is 0.964. The van der Waals surface area contributed by atoms with Gasteiger partial charge in [-0.15, -0.1) is 0 Å². The van der Waals surface area contributed by atoms with E-state index in [0.29, 0.717) is 0 Å². The molecule has 1 aliphatic rings. The van der Waals surface area contributed by atoms with Crippen molar-refractivity contribution in [1.82, 2.24) is 10.3 Å². The van der Waals surface area contributed by atoms with Gasteiger partial charge in [-0.2, -0.15) is 0 Å². The number of aromatic nitrogens is 1. The van der Waals surface area contributed by atoms with Crippen LogP contribution < -0.4 is 5.32 Å². The van der Waals surface area contributed by atoms with E-state index >= 15 is 0 Å². The zero-order chi connectivity index (χ0) is 10.3. The Bertz CT molecular complexity index is 517. The molecule has 2 aromatic rings. The number of hydrogen-bond donors (Lipinski definition) is 1. The summed E-state index contributed by atoms with van der Waals surface area (Å²) in [4.78, 5) is 4.72. The third-order valence-electron chi connectivity index (χ3n) is 2.99. The van der Waals surface area contributed by atoms with Crippen molar-refractivity contribution in [2.75, 3.05) is 6.54 Å². The lowest BCUT2D eigenvalue weighted by Crippen LogP contribution is -2.24. The molecule has 0 radical (unpaired) electrons. The van der Waals surface area contributed by atoms with Crippen LogP contribution >= 0.6 is 0 Å². The molecule has 0 amide bonds. The van der Waals surface area contributed by atoms with Gasteiger partial charge in [-0.05, 0) is 30.7 Å². The van der Waals surface area contributed by atoms with Crippen LogP contribution in [0.15, 0.2) is 24.3 Å². The van der Waals surface area contributed by atoms with Gasteiger partial charge < -0.3 is 5.32 Å². The van der Waals surface area contributed by atoms with Crippen LogP contribution in [0.5, 0.6) is 0 Å². The highest BCUT2D eigenvalue weighted by Crippen LogP contribution is 2.20. The molecule has 1 aromatic carbocycles. The Hall–Kier alpha value is -1.41. The van der Waals surface area contributed by atoms with Crippen LogP contribution in [0.2, 0.25) is 0 Å². The minimum absolute atomic E-state index is 0.964. The molecule has 0 bridgehead atoms. The number of benzene rings is 1. The van der Waals surface area contributed by atoms with Gasteiger partial charge in [0.1, 0.15) is 0 Å². The van der Waals surface area contributed by atoms with Gasteiger partial charge in [0, 0.05) is 30.6 Å². The molecule has 0 atom stereocenters. The fraction of sp³-hybridized carbons (Fsp3) is 0.308. The van der Waals surface area contributed by atoms with Crippen molar-refractivity contribution in [1.29, 1.82) is 0 Å². The molecular formula is C13H14N2. The largest absolute Gasteiger partial charge is 0.312 e. The second-order valence-corrected chi connectivity index (χ2v) is 4.22. The van der Waals surface area contributed by atoms with Crippen LogP contribution in [0.25, 0.3) is 10.9 Å². The molecule has 1 aromatic heterocycles. The fourth-order valence-electron chi connectivity index (χ4n) is 2.18. The Morgan fingerprint density at radius 3 is 3.13 bits per heavy atom. The molecule has 3 rings (SSSR count). The van der Waals surface area contributed by atoms with Crippen molar-refractivity contribution >= 4 is 10.9 Å². The highest BCUT2D eigenvalue weighted by atomic mass is 14.9. The number of pyridine rings is 1. The summed E-state index contributed by atoms with van der Waals surface area (Å²) in [5, 5.41) is 4.64. The summed E-state index contributed by atoms with van der Waals surface area (Å²) in [7, 11) is 0. The lowest BCUT2D eigenvalue weighted by molar-refractivity contribution is 0.633. The van der Waals surface area contributed by atoms with E-state index in [1.165, 1.54) is 22.2 Å². The lowest BCUT2D eigenvalue weighted by atomic mass is 10.0. The van der Waals surface area contributed by atoms with Gasteiger partial charge in [0.2, 0.25) is 0 Å². The number of fused-ring (bicyclic) bond motifs is 2. The molecule has 2 heterocycles. The van der Waals surface area contributed by atoms with E-state index in [-0.39, 0.29) is 0 Å². The first kappa shape index (κ1) is 8.86. The van der Waals surface area contributed by atoms with Gasteiger partial charge in [-0.25, -0.2) is 0 Å². The van der Waals surface area contributed by atoms with Crippen molar-refractivity contribution in [2.45, 2.75) is 19.9 Å². The monoisotopic (exact) mass is 198 g/mol. The molecule has 76 valence electrons. The highest BCUT2D eigenvalue weighted by molar-refractivity contribution is 5.80. The Balaban J connectivity index is 2.26. The predicted molar refractivity (Wildman–Crippen MR) is 61.9 cm³/mol. The Morgan fingerprint density at radius 1 is 1.27 bits per heavy atom. The third kappa shape index (κ3) is 1.51. The van der Waals surface area contributed by atoms with Crippen molar-refractivity contribution in [3.63, 3.8) is 0 Å². The normalized spacial score (nSPS) is 15.3. The molecule has 0 fully saturated rings. The Labute approximate surface area is 89.3 Å². The van der Waals surface area contributed by atoms with Crippen molar-refractivity contribution in [3.05, 3.63) is 41.1 Å². The molecule has 0 aliphatic carbocycles. The second-order valence-electron chi connectivity index (χ2n) is 4.22. The van der Waals surface area contributed by atoms with Crippen LogP contribution in [0.3, 0.4) is 0 Å². The van der Waals surface area contributed by atoms with Gasteiger partial charge in [0.25, 0.3) is 0 Å². The molecule has 0 saturated carbocycles. The number of hydrogen-bond acceptors (Lipinski definition) is 2. The van der Waals surface area contributed by atoms with E-state index in [9.17, 15) is 0 Å². The minimum Gasteiger partial charge on any atom is -0.312 e. The maximum atomic E-state index is 4.72. The maximum Gasteiger partial charge on any atom is 0.0705 e.